The van der Waals surface area contributed by atoms with Gasteiger partial charge in [-0.05, 0) is 6.07 Å². The van der Waals surface area contributed by atoms with Gasteiger partial charge in [0.05, 0.1) is 19.2 Å². The maximum Gasteiger partial charge on any atom is 0.179 e. The third kappa shape index (κ3) is 1.82. The molecule has 0 spiro atoms. The van der Waals surface area contributed by atoms with Crippen molar-refractivity contribution in [2.24, 2.45) is 5.73 Å². The molecule has 1 aromatic rings. The number of halogens is 1. The highest BCUT2D eigenvalue weighted by atomic mass is 19.1. The van der Waals surface area contributed by atoms with Crippen LogP contribution in [0.5, 0.6) is 11.5 Å². The molecule has 0 aliphatic carbocycles. The maximum atomic E-state index is 13.2. The van der Waals surface area contributed by atoms with Gasteiger partial charge in [-0.1, -0.05) is 0 Å². The van der Waals surface area contributed by atoms with E-state index in [0.29, 0.717) is 0 Å². The number of ether oxygens (including phenoxy) is 1. The van der Waals surface area contributed by atoms with Gasteiger partial charge in [-0.2, -0.15) is 0 Å². The molecule has 0 saturated carbocycles. The number of hydrogen-bond acceptors (Lipinski definition) is 4. The van der Waals surface area contributed by atoms with E-state index in [4.69, 9.17) is 15.6 Å². The lowest BCUT2D eigenvalue weighted by atomic mass is 10.1. The molecular formula is C9H10FNO3. The molecule has 0 aromatic heterocycles. The van der Waals surface area contributed by atoms with Crippen molar-refractivity contribution in [2.45, 2.75) is 0 Å². The summed E-state index contributed by atoms with van der Waals surface area (Å²) in [5, 5.41) is 9.11. The molecule has 4 nitrogen and oxygen atoms in total. The number of rotatable bonds is 3. The van der Waals surface area contributed by atoms with Gasteiger partial charge in [-0.3, -0.25) is 4.79 Å². The number of carbonyl (C=O) groups is 1. The smallest absolute Gasteiger partial charge is 0.179 e. The average Bonchev–Trinajstić information content (AvgIpc) is 2.20. The second-order valence-corrected chi connectivity index (χ2v) is 2.64. The molecular weight excluding hydrogens is 189 g/mol. The van der Waals surface area contributed by atoms with Gasteiger partial charge < -0.3 is 15.6 Å². The molecule has 76 valence electrons. The van der Waals surface area contributed by atoms with Crippen LogP contribution in [0, 0.1) is 5.82 Å². The van der Waals surface area contributed by atoms with E-state index in [1.807, 2.05) is 0 Å². The van der Waals surface area contributed by atoms with Gasteiger partial charge in [0.1, 0.15) is 5.75 Å². The van der Waals surface area contributed by atoms with Crippen LogP contribution in [-0.4, -0.2) is 24.5 Å². The molecule has 0 aliphatic heterocycles. The standard InChI is InChI=1S/C9H10FNO3/c1-14-5-2-6(8(13)4-11)9(10)7(12)3-5/h2-3,12H,4,11H2,1H3. The Morgan fingerprint density at radius 2 is 2.29 bits per heavy atom. The van der Waals surface area contributed by atoms with Gasteiger partial charge in [-0.25, -0.2) is 4.39 Å². The molecule has 14 heavy (non-hydrogen) atoms. The molecule has 0 saturated heterocycles. The number of phenolic OH excluding ortho intramolecular Hbond substituents is 1. The molecule has 0 fully saturated rings. The number of carbonyl (C=O) groups excluding carboxylic acids is 1. The highest BCUT2D eigenvalue weighted by molar-refractivity contribution is 5.98. The number of methoxy groups -OCH3 is 1. The second-order valence-electron chi connectivity index (χ2n) is 2.64. The normalized spacial score (nSPS) is 9.93. The third-order valence-corrected chi connectivity index (χ3v) is 1.75. The predicted molar refractivity (Wildman–Crippen MR) is 48.0 cm³/mol. The van der Waals surface area contributed by atoms with Gasteiger partial charge in [0.15, 0.2) is 17.3 Å². The van der Waals surface area contributed by atoms with Crippen LogP contribution in [0.4, 0.5) is 4.39 Å². The van der Waals surface area contributed by atoms with E-state index in [9.17, 15) is 9.18 Å². The number of benzene rings is 1. The summed E-state index contributed by atoms with van der Waals surface area (Å²) in [5.41, 5.74) is 4.82. The monoisotopic (exact) mass is 199 g/mol. The Balaban J connectivity index is 3.27. The van der Waals surface area contributed by atoms with Crippen molar-refractivity contribution in [1.29, 1.82) is 0 Å². The molecule has 1 aromatic carbocycles. The fraction of sp³-hybridized carbons (Fsp3) is 0.222. The lowest BCUT2D eigenvalue weighted by molar-refractivity contribution is 0.0996. The molecule has 0 heterocycles. The van der Waals surface area contributed by atoms with E-state index >= 15 is 0 Å². The minimum absolute atomic E-state index is 0.209. The minimum atomic E-state index is -0.971. The lowest BCUT2D eigenvalue weighted by Gasteiger charge is -2.06. The van der Waals surface area contributed by atoms with E-state index < -0.39 is 17.3 Å². The highest BCUT2D eigenvalue weighted by Crippen LogP contribution is 2.26. The fourth-order valence-corrected chi connectivity index (χ4v) is 1.01. The lowest BCUT2D eigenvalue weighted by Crippen LogP contribution is -2.15. The van der Waals surface area contributed by atoms with E-state index in [-0.39, 0.29) is 17.9 Å². The number of ketones is 1. The highest BCUT2D eigenvalue weighted by Gasteiger charge is 2.15. The van der Waals surface area contributed by atoms with Gasteiger partial charge in [0, 0.05) is 6.07 Å². The van der Waals surface area contributed by atoms with Crippen molar-refractivity contribution < 1.29 is 19.0 Å². The van der Waals surface area contributed by atoms with Crippen LogP contribution in [0.1, 0.15) is 10.4 Å². The number of nitrogens with two attached hydrogens (primary N) is 1. The third-order valence-electron chi connectivity index (χ3n) is 1.75. The SMILES string of the molecule is COc1cc(O)c(F)c(C(=O)CN)c1. The first kappa shape index (κ1) is 10.5. The summed E-state index contributed by atoms with van der Waals surface area (Å²) >= 11 is 0. The van der Waals surface area contributed by atoms with Crippen LogP contribution >= 0.6 is 0 Å². The van der Waals surface area contributed by atoms with Crippen molar-refractivity contribution in [3.05, 3.63) is 23.5 Å². The Morgan fingerprint density at radius 3 is 2.79 bits per heavy atom. The maximum absolute atomic E-state index is 13.2. The summed E-state index contributed by atoms with van der Waals surface area (Å²) in [5.74, 6) is -1.97. The van der Waals surface area contributed by atoms with Crippen LogP contribution in [-0.2, 0) is 0 Å². The minimum Gasteiger partial charge on any atom is -0.505 e. The Hall–Kier alpha value is -1.62. The number of aromatic hydroxyl groups is 1. The molecule has 0 radical (unpaired) electrons. The van der Waals surface area contributed by atoms with Crippen LogP contribution in [0.2, 0.25) is 0 Å². The topological polar surface area (TPSA) is 72.5 Å². The summed E-state index contributed by atoms with van der Waals surface area (Å²) in [6.07, 6.45) is 0. The molecule has 5 heteroatoms. The molecule has 0 aliphatic rings. The van der Waals surface area contributed by atoms with E-state index in [1.165, 1.54) is 13.2 Å². The van der Waals surface area contributed by atoms with Gasteiger partial charge in [0.25, 0.3) is 0 Å². The van der Waals surface area contributed by atoms with Crippen LogP contribution in [0.3, 0.4) is 0 Å². The van der Waals surface area contributed by atoms with E-state index in [2.05, 4.69) is 0 Å². The summed E-state index contributed by atoms with van der Waals surface area (Å²) in [7, 11) is 1.35. The zero-order valence-electron chi connectivity index (χ0n) is 7.58. The first-order valence-electron chi connectivity index (χ1n) is 3.90. The van der Waals surface area contributed by atoms with Crippen molar-refractivity contribution in [1.82, 2.24) is 0 Å². The Labute approximate surface area is 80.1 Å². The number of phenols is 1. The van der Waals surface area contributed by atoms with Gasteiger partial charge >= 0.3 is 0 Å². The Bertz CT molecular complexity index is 365. The first-order valence-corrected chi connectivity index (χ1v) is 3.90. The molecule has 0 atom stereocenters. The summed E-state index contributed by atoms with van der Waals surface area (Å²) in [4.78, 5) is 11.1. The zero-order chi connectivity index (χ0) is 10.7. The quantitative estimate of drug-likeness (QED) is 0.702. The summed E-state index contributed by atoms with van der Waals surface area (Å²) < 4.78 is 17.9. The van der Waals surface area contributed by atoms with E-state index in [1.54, 1.807) is 0 Å². The zero-order valence-corrected chi connectivity index (χ0v) is 7.58. The van der Waals surface area contributed by atoms with Crippen molar-refractivity contribution in [3.63, 3.8) is 0 Å². The van der Waals surface area contributed by atoms with Gasteiger partial charge in [0.2, 0.25) is 0 Å². The van der Waals surface area contributed by atoms with Crippen molar-refractivity contribution >= 4 is 5.78 Å². The van der Waals surface area contributed by atoms with Crippen LogP contribution in [0.15, 0.2) is 12.1 Å². The molecule has 0 unspecified atom stereocenters. The number of hydrogen-bond donors (Lipinski definition) is 2. The molecule has 1 rings (SSSR count). The molecule has 0 amide bonds. The van der Waals surface area contributed by atoms with E-state index in [0.717, 1.165) is 6.07 Å². The predicted octanol–water partition coefficient (Wildman–Crippen LogP) is 0.681. The first-order chi connectivity index (χ1) is 6.60. The number of Topliss-reactive ketones (excluding diaryl/α,β-unsaturated/α-hetero) is 1. The fourth-order valence-electron chi connectivity index (χ4n) is 1.01. The summed E-state index contributed by atoms with van der Waals surface area (Å²) in [6, 6.07) is 2.28. The van der Waals surface area contributed by atoms with Crippen LogP contribution < -0.4 is 10.5 Å². The van der Waals surface area contributed by atoms with Crippen molar-refractivity contribution in [3.8, 4) is 11.5 Å². The Morgan fingerprint density at radius 1 is 1.64 bits per heavy atom. The Kier molecular flexibility index (Phi) is 3.03. The van der Waals surface area contributed by atoms with Crippen LogP contribution in [0.25, 0.3) is 0 Å². The van der Waals surface area contributed by atoms with Gasteiger partial charge in [-0.15, -0.1) is 0 Å². The summed E-state index contributed by atoms with van der Waals surface area (Å²) in [6.45, 7) is -0.316. The second kappa shape index (κ2) is 4.06. The largest absolute Gasteiger partial charge is 0.505 e. The molecule has 0 bridgehead atoms. The average molecular weight is 199 g/mol. The molecule has 3 N–H and O–H groups in total. The van der Waals surface area contributed by atoms with Crippen molar-refractivity contribution in [2.75, 3.05) is 13.7 Å².